The fraction of sp³-hybridized carbons (Fsp3) is 0.238. The average Bonchev–Trinajstić information content (AvgIpc) is 3.09. The van der Waals surface area contributed by atoms with Crippen LogP contribution < -0.4 is 9.80 Å². The largest absolute Gasteiger partial charge is 0.357 e. The first-order chi connectivity index (χ1) is 13.6. The quantitative estimate of drug-likeness (QED) is 0.514. The molecule has 28 heavy (non-hydrogen) atoms. The Morgan fingerprint density at radius 1 is 0.929 bits per heavy atom. The molecule has 4 heterocycles. The predicted octanol–water partition coefficient (Wildman–Crippen LogP) is 3.07. The van der Waals surface area contributed by atoms with Crippen LogP contribution in [0.15, 0.2) is 48.7 Å². The second kappa shape index (κ2) is 6.30. The van der Waals surface area contributed by atoms with Crippen LogP contribution in [0.5, 0.6) is 0 Å². The molecule has 0 N–H and O–H groups in total. The van der Waals surface area contributed by atoms with Crippen molar-refractivity contribution in [1.29, 1.82) is 0 Å². The number of pyridine rings is 1. The van der Waals surface area contributed by atoms with E-state index in [1.165, 1.54) is 0 Å². The summed E-state index contributed by atoms with van der Waals surface area (Å²) in [5.41, 5.74) is 3.82. The van der Waals surface area contributed by atoms with E-state index < -0.39 is 0 Å². The normalized spacial score (nSPS) is 14.4. The first kappa shape index (κ1) is 16.7. The number of benzene rings is 1. The van der Waals surface area contributed by atoms with Crippen LogP contribution in [0.25, 0.3) is 16.7 Å². The molecule has 4 aromatic rings. The van der Waals surface area contributed by atoms with E-state index in [0.29, 0.717) is 18.1 Å². The van der Waals surface area contributed by atoms with Gasteiger partial charge in [0.15, 0.2) is 11.6 Å². The van der Waals surface area contributed by atoms with E-state index in [1.54, 1.807) is 11.1 Å². The lowest BCUT2D eigenvalue weighted by molar-refractivity contribution is 0.0982. The predicted molar refractivity (Wildman–Crippen MR) is 109 cm³/mol. The minimum Gasteiger partial charge on any atom is -0.357 e. The molecule has 0 saturated carbocycles. The summed E-state index contributed by atoms with van der Waals surface area (Å²) < 4.78 is 1.93. The molecule has 5 rings (SSSR count). The van der Waals surface area contributed by atoms with Crippen molar-refractivity contribution in [1.82, 2.24) is 19.4 Å². The molecular formula is C21H20N6O. The van der Waals surface area contributed by atoms with Crippen molar-refractivity contribution in [3.63, 3.8) is 0 Å². The number of anilines is 2. The lowest BCUT2D eigenvalue weighted by atomic mass is 10.3. The van der Waals surface area contributed by atoms with Gasteiger partial charge < -0.3 is 9.30 Å². The highest BCUT2D eigenvalue weighted by atomic mass is 16.2. The van der Waals surface area contributed by atoms with Gasteiger partial charge in [0.05, 0.1) is 11.0 Å². The number of carbonyl (C=O) groups excluding carboxylic acids is 1. The minimum absolute atomic E-state index is 0.149. The van der Waals surface area contributed by atoms with Crippen molar-refractivity contribution < 1.29 is 4.79 Å². The summed E-state index contributed by atoms with van der Waals surface area (Å²) in [5.74, 6) is 1.17. The van der Waals surface area contributed by atoms with Gasteiger partial charge in [-0.2, -0.15) is 0 Å². The van der Waals surface area contributed by atoms with Crippen molar-refractivity contribution in [2.75, 3.05) is 29.9 Å². The van der Waals surface area contributed by atoms with E-state index >= 15 is 0 Å². The molecule has 0 atom stereocenters. The lowest BCUT2D eigenvalue weighted by Crippen LogP contribution is -2.32. The number of carbonyl (C=O) groups is 1. The number of hydrogen-bond acceptors (Lipinski definition) is 5. The van der Waals surface area contributed by atoms with Crippen LogP contribution in [0.2, 0.25) is 0 Å². The Hall–Kier alpha value is -3.48. The molecule has 0 aliphatic carbocycles. The molecule has 0 bridgehead atoms. The van der Waals surface area contributed by atoms with Gasteiger partial charge in [-0.05, 0) is 37.6 Å². The van der Waals surface area contributed by atoms with Gasteiger partial charge in [0, 0.05) is 32.0 Å². The molecule has 1 aliphatic rings. The summed E-state index contributed by atoms with van der Waals surface area (Å²) >= 11 is 0. The maximum atomic E-state index is 13.4. The zero-order chi connectivity index (χ0) is 19.3. The summed E-state index contributed by atoms with van der Waals surface area (Å²) in [6.07, 6.45) is 2.64. The first-order valence-electron chi connectivity index (χ1n) is 9.36. The van der Waals surface area contributed by atoms with Crippen molar-refractivity contribution in [3.8, 4) is 0 Å². The third kappa shape index (κ3) is 2.58. The fourth-order valence-electron chi connectivity index (χ4n) is 3.68. The van der Waals surface area contributed by atoms with Crippen LogP contribution in [0.3, 0.4) is 0 Å². The molecule has 1 aliphatic heterocycles. The van der Waals surface area contributed by atoms with Gasteiger partial charge in [-0.15, -0.1) is 0 Å². The number of fused-ring (bicyclic) bond motifs is 3. The third-order valence-corrected chi connectivity index (χ3v) is 5.19. The highest BCUT2D eigenvalue weighted by Gasteiger charge is 2.29. The van der Waals surface area contributed by atoms with Crippen LogP contribution >= 0.6 is 0 Å². The Labute approximate surface area is 162 Å². The fourth-order valence-corrected chi connectivity index (χ4v) is 3.68. The van der Waals surface area contributed by atoms with E-state index in [4.69, 9.17) is 9.97 Å². The van der Waals surface area contributed by atoms with Gasteiger partial charge in [0.1, 0.15) is 11.3 Å². The van der Waals surface area contributed by atoms with Gasteiger partial charge in [-0.3, -0.25) is 9.69 Å². The molecule has 0 fully saturated rings. The Morgan fingerprint density at radius 3 is 2.43 bits per heavy atom. The number of aryl methyl sites for hydroxylation is 1. The van der Waals surface area contributed by atoms with Crippen LogP contribution in [-0.4, -0.2) is 45.4 Å². The van der Waals surface area contributed by atoms with E-state index in [1.807, 2.05) is 60.8 Å². The topological polar surface area (TPSA) is 66.6 Å². The number of hydrogen-bond donors (Lipinski definition) is 0. The smallest absolute Gasteiger partial charge is 0.279 e. The number of para-hydroxylation sites is 2. The van der Waals surface area contributed by atoms with Gasteiger partial charge in [-0.1, -0.05) is 18.2 Å². The minimum atomic E-state index is -0.149. The second-order valence-corrected chi connectivity index (χ2v) is 7.11. The van der Waals surface area contributed by atoms with Crippen molar-refractivity contribution >= 4 is 34.2 Å². The molecular weight excluding hydrogens is 352 g/mol. The highest BCUT2D eigenvalue weighted by Crippen LogP contribution is 2.31. The first-order valence-corrected chi connectivity index (χ1v) is 9.36. The number of rotatable bonds is 1. The molecule has 0 radical (unpaired) electrons. The standard InChI is InChI=1S/C21H20N6O/c1-14-7-5-10-18-22-17(13-27(14)18)21(28)26-12-6-11-25(2)19-20(26)24-16-9-4-3-8-15(16)23-19/h3-5,7-10,13H,6,11-12H2,1-2H3. The molecule has 0 spiro atoms. The zero-order valence-electron chi connectivity index (χ0n) is 15.8. The van der Waals surface area contributed by atoms with E-state index in [-0.39, 0.29) is 5.91 Å². The third-order valence-electron chi connectivity index (χ3n) is 5.19. The maximum absolute atomic E-state index is 13.4. The molecule has 140 valence electrons. The average molecular weight is 372 g/mol. The molecule has 7 heteroatoms. The van der Waals surface area contributed by atoms with E-state index in [0.717, 1.165) is 41.2 Å². The Balaban J connectivity index is 1.64. The summed E-state index contributed by atoms with van der Waals surface area (Å²) in [6, 6.07) is 13.6. The second-order valence-electron chi connectivity index (χ2n) is 7.11. The summed E-state index contributed by atoms with van der Waals surface area (Å²) in [7, 11) is 1.99. The van der Waals surface area contributed by atoms with Gasteiger partial charge in [0.25, 0.3) is 5.91 Å². The molecule has 1 aromatic carbocycles. The Bertz CT molecular complexity index is 1210. The van der Waals surface area contributed by atoms with Gasteiger partial charge in [0.2, 0.25) is 0 Å². The van der Waals surface area contributed by atoms with Gasteiger partial charge in [-0.25, -0.2) is 15.0 Å². The molecule has 7 nitrogen and oxygen atoms in total. The molecule has 0 unspecified atom stereocenters. The number of nitrogens with zero attached hydrogens (tertiary/aromatic N) is 6. The summed E-state index contributed by atoms with van der Waals surface area (Å²) in [6.45, 7) is 3.39. The lowest BCUT2D eigenvalue weighted by Gasteiger charge is -2.22. The van der Waals surface area contributed by atoms with E-state index in [2.05, 4.69) is 9.88 Å². The molecule has 1 amide bonds. The number of aromatic nitrogens is 4. The molecule has 0 saturated heterocycles. The Morgan fingerprint density at radius 2 is 1.68 bits per heavy atom. The number of amides is 1. The van der Waals surface area contributed by atoms with Crippen LogP contribution in [0.1, 0.15) is 22.6 Å². The van der Waals surface area contributed by atoms with Crippen molar-refractivity contribution in [3.05, 3.63) is 60.0 Å². The summed E-state index contributed by atoms with van der Waals surface area (Å²) in [4.78, 5) is 31.3. The number of imidazole rings is 1. The summed E-state index contributed by atoms with van der Waals surface area (Å²) in [5, 5.41) is 0. The van der Waals surface area contributed by atoms with E-state index in [9.17, 15) is 4.79 Å². The van der Waals surface area contributed by atoms with Crippen LogP contribution in [0.4, 0.5) is 11.6 Å². The van der Waals surface area contributed by atoms with Gasteiger partial charge >= 0.3 is 0 Å². The SMILES string of the molecule is Cc1cccc2nc(C(=O)N3CCCN(C)c4nc5ccccc5nc43)cn12. The molecule has 3 aromatic heterocycles. The maximum Gasteiger partial charge on any atom is 0.279 e. The monoisotopic (exact) mass is 372 g/mol. The highest BCUT2D eigenvalue weighted by molar-refractivity contribution is 6.06. The van der Waals surface area contributed by atoms with Crippen molar-refractivity contribution in [2.24, 2.45) is 0 Å². The van der Waals surface area contributed by atoms with Crippen LogP contribution in [0, 0.1) is 6.92 Å². The van der Waals surface area contributed by atoms with Crippen molar-refractivity contribution in [2.45, 2.75) is 13.3 Å². The zero-order valence-corrected chi connectivity index (χ0v) is 15.8. The van der Waals surface area contributed by atoms with Crippen LogP contribution in [-0.2, 0) is 0 Å². The Kier molecular flexibility index (Phi) is 3.75.